The van der Waals surface area contributed by atoms with E-state index in [1.807, 2.05) is 0 Å². The predicted octanol–water partition coefficient (Wildman–Crippen LogP) is 2.74. The summed E-state index contributed by atoms with van der Waals surface area (Å²) in [5.74, 6) is -2.59. The van der Waals surface area contributed by atoms with Crippen molar-refractivity contribution >= 4 is 21.8 Å². The second-order valence-corrected chi connectivity index (χ2v) is 5.26. The van der Waals surface area contributed by atoms with E-state index in [9.17, 15) is 13.6 Å². The third kappa shape index (κ3) is 3.41. The number of nitrogens with zero attached hydrogens (tertiary/aromatic N) is 2. The molecule has 1 atom stereocenters. The van der Waals surface area contributed by atoms with Gasteiger partial charge in [-0.15, -0.1) is 0 Å². The fourth-order valence-electron chi connectivity index (χ4n) is 1.79. The lowest BCUT2D eigenvalue weighted by atomic mass is 10.1. The fourth-order valence-corrected chi connectivity index (χ4v) is 2.19. The van der Waals surface area contributed by atoms with Crippen molar-refractivity contribution in [3.05, 3.63) is 52.3 Å². The number of carbonyl (C=O) groups is 1. The second-order valence-electron chi connectivity index (χ2n) is 4.35. The Kier molecular flexibility index (Phi) is 4.49. The molecule has 106 valence electrons. The molecular formula is C13H12BrF2N3O. The normalized spacial score (nSPS) is 12.2. The number of nitrogens with one attached hydrogen (secondary N) is 1. The summed E-state index contributed by atoms with van der Waals surface area (Å²) < 4.78 is 29.2. The van der Waals surface area contributed by atoms with Gasteiger partial charge in [0.1, 0.15) is 17.2 Å². The third-order valence-electron chi connectivity index (χ3n) is 2.63. The highest BCUT2D eigenvalue weighted by Crippen LogP contribution is 2.19. The van der Waals surface area contributed by atoms with E-state index in [2.05, 4.69) is 26.3 Å². The molecule has 0 spiro atoms. The number of halogens is 3. The maximum atomic E-state index is 13.6. The Balaban J connectivity index is 2.08. The predicted molar refractivity (Wildman–Crippen MR) is 73.2 cm³/mol. The van der Waals surface area contributed by atoms with E-state index in [0.717, 1.165) is 12.1 Å². The molecule has 2 aromatic rings. The van der Waals surface area contributed by atoms with E-state index >= 15 is 0 Å². The van der Waals surface area contributed by atoms with Crippen LogP contribution in [0.1, 0.15) is 17.3 Å². The van der Waals surface area contributed by atoms with E-state index in [4.69, 9.17) is 0 Å². The lowest BCUT2D eigenvalue weighted by Gasteiger charge is -2.14. The Morgan fingerprint density at radius 1 is 1.45 bits per heavy atom. The number of benzene rings is 1. The molecule has 0 radical (unpaired) electrons. The molecule has 1 unspecified atom stereocenters. The van der Waals surface area contributed by atoms with Gasteiger partial charge < -0.3 is 5.32 Å². The maximum Gasteiger partial charge on any atom is 0.257 e. The van der Waals surface area contributed by atoms with Crippen LogP contribution in [0.4, 0.5) is 8.78 Å². The zero-order valence-electron chi connectivity index (χ0n) is 10.6. The van der Waals surface area contributed by atoms with Gasteiger partial charge in [0.2, 0.25) is 0 Å². The molecule has 1 N–H and O–H groups in total. The highest BCUT2D eigenvalue weighted by Gasteiger charge is 2.19. The average Bonchev–Trinajstić information content (AvgIpc) is 2.79. The molecule has 0 fully saturated rings. The van der Waals surface area contributed by atoms with Gasteiger partial charge in [0.25, 0.3) is 5.91 Å². The molecule has 2 rings (SSSR count). The first-order valence-corrected chi connectivity index (χ1v) is 6.69. The Bertz CT molecular complexity index is 593. The summed E-state index contributed by atoms with van der Waals surface area (Å²) in [6.45, 7) is 2.15. The van der Waals surface area contributed by atoms with Gasteiger partial charge in [-0.3, -0.25) is 9.48 Å². The van der Waals surface area contributed by atoms with Crippen molar-refractivity contribution in [2.75, 3.05) is 0 Å². The molecule has 1 aromatic heterocycles. The van der Waals surface area contributed by atoms with Crippen LogP contribution in [0.3, 0.4) is 0 Å². The second kappa shape index (κ2) is 6.13. The Morgan fingerprint density at radius 3 is 2.65 bits per heavy atom. The number of hydrogen-bond donors (Lipinski definition) is 1. The first-order chi connectivity index (χ1) is 9.47. The van der Waals surface area contributed by atoms with E-state index in [-0.39, 0.29) is 10.5 Å². The minimum absolute atomic E-state index is 0.244. The van der Waals surface area contributed by atoms with Crippen molar-refractivity contribution in [1.29, 1.82) is 0 Å². The first kappa shape index (κ1) is 14.6. The molecule has 0 saturated heterocycles. The highest BCUT2D eigenvalue weighted by molar-refractivity contribution is 9.10. The summed E-state index contributed by atoms with van der Waals surface area (Å²) in [5, 5.41) is 6.53. The molecule has 1 heterocycles. The molecule has 1 aromatic carbocycles. The SMILES string of the molecule is CC(Cn1cccn1)NC(=O)c1c(F)cc(Br)cc1F. The van der Waals surface area contributed by atoms with Crippen LogP contribution >= 0.6 is 15.9 Å². The van der Waals surface area contributed by atoms with Crippen LogP contribution in [-0.4, -0.2) is 21.7 Å². The standard InChI is InChI=1S/C13H12BrF2N3O/c1-8(7-19-4-2-3-17-19)18-13(20)12-10(15)5-9(14)6-11(12)16/h2-6,8H,7H2,1H3,(H,18,20). The molecule has 0 aliphatic rings. The van der Waals surface area contributed by atoms with Gasteiger partial charge in [-0.1, -0.05) is 15.9 Å². The monoisotopic (exact) mass is 343 g/mol. The van der Waals surface area contributed by atoms with Gasteiger partial charge in [0.15, 0.2) is 0 Å². The van der Waals surface area contributed by atoms with Crippen molar-refractivity contribution in [3.8, 4) is 0 Å². The number of aromatic nitrogens is 2. The highest BCUT2D eigenvalue weighted by atomic mass is 79.9. The Hall–Kier alpha value is -1.76. The van der Waals surface area contributed by atoms with Crippen LogP contribution < -0.4 is 5.32 Å². The molecule has 0 saturated carbocycles. The topological polar surface area (TPSA) is 46.9 Å². The van der Waals surface area contributed by atoms with E-state index < -0.39 is 23.1 Å². The number of rotatable bonds is 4. The molecule has 7 heteroatoms. The number of hydrogen-bond acceptors (Lipinski definition) is 2. The van der Waals surface area contributed by atoms with Crippen molar-refractivity contribution in [1.82, 2.24) is 15.1 Å². The van der Waals surface area contributed by atoms with Crippen LogP contribution in [0.25, 0.3) is 0 Å². The summed E-state index contributed by atoms with van der Waals surface area (Å²) in [5.41, 5.74) is -0.583. The summed E-state index contributed by atoms with van der Waals surface area (Å²) in [6, 6.07) is 3.54. The molecule has 4 nitrogen and oxygen atoms in total. The molecular weight excluding hydrogens is 332 g/mol. The maximum absolute atomic E-state index is 13.6. The van der Waals surface area contributed by atoms with Crippen molar-refractivity contribution in [3.63, 3.8) is 0 Å². The Labute approximate surface area is 122 Å². The summed E-state index contributed by atoms with van der Waals surface area (Å²) in [4.78, 5) is 11.9. The summed E-state index contributed by atoms with van der Waals surface area (Å²) in [7, 11) is 0. The number of amides is 1. The first-order valence-electron chi connectivity index (χ1n) is 5.90. The average molecular weight is 344 g/mol. The van der Waals surface area contributed by atoms with Crippen LogP contribution in [0, 0.1) is 11.6 Å². The summed E-state index contributed by atoms with van der Waals surface area (Å²) in [6.07, 6.45) is 3.35. The molecule has 0 bridgehead atoms. The molecule has 0 aliphatic heterocycles. The van der Waals surface area contributed by atoms with Crippen molar-refractivity contribution < 1.29 is 13.6 Å². The van der Waals surface area contributed by atoms with Gasteiger partial charge in [-0.25, -0.2) is 8.78 Å². The lowest BCUT2D eigenvalue weighted by molar-refractivity contribution is 0.0927. The van der Waals surface area contributed by atoms with E-state index in [1.165, 1.54) is 0 Å². The smallest absolute Gasteiger partial charge is 0.257 e. The third-order valence-corrected chi connectivity index (χ3v) is 3.09. The lowest BCUT2D eigenvalue weighted by Crippen LogP contribution is -2.36. The zero-order valence-corrected chi connectivity index (χ0v) is 12.2. The summed E-state index contributed by atoms with van der Waals surface area (Å²) >= 11 is 2.96. The quantitative estimate of drug-likeness (QED) is 0.927. The Morgan fingerprint density at radius 2 is 2.10 bits per heavy atom. The minimum Gasteiger partial charge on any atom is -0.348 e. The van der Waals surface area contributed by atoms with Gasteiger partial charge in [0.05, 0.1) is 6.54 Å². The van der Waals surface area contributed by atoms with Crippen LogP contribution in [0.15, 0.2) is 35.1 Å². The zero-order chi connectivity index (χ0) is 14.7. The van der Waals surface area contributed by atoms with E-state index in [0.29, 0.717) is 6.54 Å². The van der Waals surface area contributed by atoms with Gasteiger partial charge >= 0.3 is 0 Å². The fraction of sp³-hybridized carbons (Fsp3) is 0.231. The van der Waals surface area contributed by atoms with Crippen LogP contribution in [0.5, 0.6) is 0 Å². The van der Waals surface area contributed by atoms with E-state index in [1.54, 1.807) is 30.1 Å². The van der Waals surface area contributed by atoms with Gasteiger partial charge in [-0.2, -0.15) is 5.10 Å². The van der Waals surface area contributed by atoms with Gasteiger partial charge in [0, 0.05) is 22.9 Å². The largest absolute Gasteiger partial charge is 0.348 e. The number of carbonyl (C=O) groups excluding carboxylic acids is 1. The van der Waals surface area contributed by atoms with Crippen molar-refractivity contribution in [2.45, 2.75) is 19.5 Å². The van der Waals surface area contributed by atoms with Crippen molar-refractivity contribution in [2.24, 2.45) is 0 Å². The molecule has 20 heavy (non-hydrogen) atoms. The van der Waals surface area contributed by atoms with Crippen LogP contribution in [0.2, 0.25) is 0 Å². The molecule has 0 aliphatic carbocycles. The molecule has 1 amide bonds. The minimum atomic E-state index is -0.902. The van der Waals surface area contributed by atoms with Gasteiger partial charge in [-0.05, 0) is 25.1 Å². The van der Waals surface area contributed by atoms with Crippen LogP contribution in [-0.2, 0) is 6.54 Å².